The van der Waals surface area contributed by atoms with Crippen LogP contribution in [0.1, 0.15) is 15.9 Å². The van der Waals surface area contributed by atoms with E-state index < -0.39 is 30.1 Å². The summed E-state index contributed by atoms with van der Waals surface area (Å²) in [5.74, 6) is -1.43. The van der Waals surface area contributed by atoms with Crippen LogP contribution in [0.5, 0.6) is 5.75 Å². The van der Waals surface area contributed by atoms with Crippen molar-refractivity contribution in [1.29, 1.82) is 0 Å². The van der Waals surface area contributed by atoms with Crippen LogP contribution in [-0.2, 0) is 16.0 Å². The van der Waals surface area contributed by atoms with Gasteiger partial charge in [0, 0.05) is 42.2 Å². The Labute approximate surface area is 197 Å². The molecule has 2 atom stereocenters. The molecule has 0 saturated carbocycles. The van der Waals surface area contributed by atoms with Crippen LogP contribution in [0.4, 0.5) is 13.2 Å². The first-order valence-electron chi connectivity index (χ1n) is 11.0. The highest BCUT2D eigenvalue weighted by Crippen LogP contribution is 2.25. The summed E-state index contributed by atoms with van der Waals surface area (Å²) in [5, 5.41) is 3.78. The maximum absolute atomic E-state index is 13.2. The average molecular weight is 486 g/mol. The van der Waals surface area contributed by atoms with Crippen LogP contribution in [-0.4, -0.2) is 70.6 Å². The summed E-state index contributed by atoms with van der Waals surface area (Å²) >= 11 is 0. The van der Waals surface area contributed by atoms with Gasteiger partial charge < -0.3 is 24.8 Å². The van der Waals surface area contributed by atoms with Crippen molar-refractivity contribution in [1.82, 2.24) is 20.1 Å². The zero-order chi connectivity index (χ0) is 24.7. The van der Waals surface area contributed by atoms with Crippen molar-refractivity contribution >= 4 is 28.6 Å². The zero-order valence-electron chi connectivity index (χ0n) is 18.3. The number of piperazine rings is 2. The number of carbonyl (C=O) groups excluding carboxylic acids is 3. The van der Waals surface area contributed by atoms with Crippen LogP contribution in [0.2, 0.25) is 0 Å². The molecule has 1 aromatic heterocycles. The van der Waals surface area contributed by atoms with E-state index in [0.29, 0.717) is 6.42 Å². The third-order valence-electron chi connectivity index (χ3n) is 6.30. The van der Waals surface area contributed by atoms with E-state index in [4.69, 9.17) is 0 Å². The van der Waals surface area contributed by atoms with E-state index >= 15 is 0 Å². The maximum Gasteiger partial charge on any atom is 0.573 e. The molecule has 0 radical (unpaired) electrons. The number of nitrogens with zero attached hydrogens (tertiary/aromatic N) is 2. The van der Waals surface area contributed by atoms with Gasteiger partial charge in [0.1, 0.15) is 17.8 Å². The minimum atomic E-state index is -4.82. The van der Waals surface area contributed by atoms with E-state index in [9.17, 15) is 27.6 Å². The Morgan fingerprint density at radius 1 is 1.06 bits per heavy atom. The normalized spacial score (nSPS) is 20.5. The molecule has 5 rings (SSSR count). The van der Waals surface area contributed by atoms with Gasteiger partial charge >= 0.3 is 6.36 Å². The van der Waals surface area contributed by atoms with Crippen molar-refractivity contribution < 1.29 is 32.3 Å². The highest BCUT2D eigenvalue weighted by atomic mass is 19.4. The summed E-state index contributed by atoms with van der Waals surface area (Å²) in [7, 11) is 0. The monoisotopic (exact) mass is 486 g/mol. The van der Waals surface area contributed by atoms with Crippen molar-refractivity contribution in [2.75, 3.05) is 19.6 Å². The number of hydrogen-bond donors (Lipinski definition) is 2. The van der Waals surface area contributed by atoms with Crippen LogP contribution >= 0.6 is 0 Å². The van der Waals surface area contributed by atoms with Gasteiger partial charge in [-0.2, -0.15) is 0 Å². The van der Waals surface area contributed by atoms with Gasteiger partial charge in [0.2, 0.25) is 11.8 Å². The number of rotatable bonds is 4. The Hall–Kier alpha value is -4.02. The Kier molecular flexibility index (Phi) is 5.62. The molecular formula is C24H21F3N4O4. The van der Waals surface area contributed by atoms with E-state index in [1.165, 1.54) is 21.9 Å². The number of aromatic amines is 1. The molecule has 3 aromatic rings. The summed E-state index contributed by atoms with van der Waals surface area (Å²) in [5.41, 5.74) is 2.03. The second-order valence-electron chi connectivity index (χ2n) is 8.50. The van der Waals surface area contributed by atoms with Gasteiger partial charge in [0.25, 0.3) is 5.91 Å². The maximum atomic E-state index is 13.2. The molecule has 3 amide bonds. The number of nitrogens with one attached hydrogen (secondary N) is 2. The van der Waals surface area contributed by atoms with Crippen molar-refractivity contribution in [2.24, 2.45) is 0 Å². The minimum Gasteiger partial charge on any atom is -0.406 e. The molecule has 35 heavy (non-hydrogen) atoms. The van der Waals surface area contributed by atoms with Crippen LogP contribution in [0.25, 0.3) is 10.9 Å². The second kappa shape index (κ2) is 8.64. The van der Waals surface area contributed by atoms with Gasteiger partial charge in [-0.25, -0.2) is 0 Å². The van der Waals surface area contributed by atoms with E-state index in [0.717, 1.165) is 28.6 Å². The average Bonchev–Trinajstić information content (AvgIpc) is 3.24. The topological polar surface area (TPSA) is 94.7 Å². The first-order chi connectivity index (χ1) is 16.7. The molecule has 0 unspecified atom stereocenters. The number of para-hydroxylation sites is 1. The number of benzene rings is 2. The highest BCUT2D eigenvalue weighted by Gasteiger charge is 2.44. The van der Waals surface area contributed by atoms with Gasteiger partial charge in [-0.05, 0) is 35.9 Å². The summed E-state index contributed by atoms with van der Waals surface area (Å²) in [4.78, 5) is 45.0. The molecule has 3 heterocycles. The van der Waals surface area contributed by atoms with Gasteiger partial charge in [0.05, 0.1) is 6.54 Å². The van der Waals surface area contributed by atoms with E-state index in [1.54, 1.807) is 0 Å². The first kappa shape index (κ1) is 22.8. The SMILES string of the molecule is O=C1N[C@@H](Cc2c[nH]c3ccccc23)C(=O)N2CCN(C(=O)c3ccc(OC(F)(F)F)cc3)C[C@H]12. The Morgan fingerprint density at radius 2 is 1.80 bits per heavy atom. The summed E-state index contributed by atoms with van der Waals surface area (Å²) in [6, 6.07) is 10.8. The van der Waals surface area contributed by atoms with Crippen molar-refractivity contribution in [3.8, 4) is 5.75 Å². The zero-order valence-corrected chi connectivity index (χ0v) is 18.3. The van der Waals surface area contributed by atoms with E-state index in [-0.39, 0.29) is 37.0 Å². The minimum absolute atomic E-state index is 0.00296. The lowest BCUT2D eigenvalue weighted by molar-refractivity contribution is -0.274. The van der Waals surface area contributed by atoms with Gasteiger partial charge in [0.15, 0.2) is 0 Å². The number of halogens is 3. The predicted molar refractivity (Wildman–Crippen MR) is 118 cm³/mol. The molecule has 2 N–H and O–H groups in total. The smallest absolute Gasteiger partial charge is 0.406 e. The number of hydrogen-bond acceptors (Lipinski definition) is 4. The molecule has 2 aliphatic heterocycles. The number of ether oxygens (including phenoxy) is 1. The van der Waals surface area contributed by atoms with E-state index in [1.807, 2.05) is 30.5 Å². The standard InChI is InChI=1S/C24H21F3N4O4/c25-24(26,27)35-16-7-5-14(6-8-16)22(33)30-9-10-31-20(13-30)21(32)29-19(23(31)34)11-15-12-28-18-4-2-1-3-17(15)18/h1-8,12,19-20,28H,9-11,13H2,(H,29,32)/t19-,20+/m0/s1. The summed E-state index contributed by atoms with van der Waals surface area (Å²) in [6.07, 6.45) is -2.65. The fourth-order valence-electron chi connectivity index (χ4n) is 4.63. The summed E-state index contributed by atoms with van der Waals surface area (Å²) < 4.78 is 40.9. The van der Waals surface area contributed by atoms with Gasteiger partial charge in [-0.1, -0.05) is 18.2 Å². The third kappa shape index (κ3) is 4.53. The number of alkyl halides is 3. The molecule has 2 fully saturated rings. The lowest BCUT2D eigenvalue weighted by Gasteiger charge is -2.45. The van der Waals surface area contributed by atoms with Crippen LogP contribution < -0.4 is 10.1 Å². The largest absolute Gasteiger partial charge is 0.573 e. The second-order valence-corrected chi connectivity index (χ2v) is 8.50. The summed E-state index contributed by atoms with van der Waals surface area (Å²) in [6.45, 7) is 0.383. The quantitative estimate of drug-likeness (QED) is 0.593. The van der Waals surface area contributed by atoms with Gasteiger partial charge in [-0.15, -0.1) is 13.2 Å². The molecule has 0 aliphatic carbocycles. The highest BCUT2D eigenvalue weighted by molar-refractivity contribution is 5.99. The van der Waals surface area contributed by atoms with Crippen LogP contribution in [0.3, 0.4) is 0 Å². The van der Waals surface area contributed by atoms with Crippen molar-refractivity contribution in [2.45, 2.75) is 24.9 Å². The first-order valence-corrected chi connectivity index (χ1v) is 11.0. The molecule has 0 bridgehead atoms. The number of aromatic nitrogens is 1. The third-order valence-corrected chi connectivity index (χ3v) is 6.30. The lowest BCUT2D eigenvalue weighted by atomic mass is 9.98. The molecule has 182 valence electrons. The Bertz CT molecular complexity index is 1290. The molecule has 11 heteroatoms. The molecule has 2 aromatic carbocycles. The number of carbonyl (C=O) groups is 3. The fourth-order valence-corrected chi connectivity index (χ4v) is 4.63. The van der Waals surface area contributed by atoms with Crippen LogP contribution in [0.15, 0.2) is 54.7 Å². The number of H-pyrrole nitrogens is 1. The molecular weight excluding hydrogens is 465 g/mol. The molecule has 8 nitrogen and oxygen atoms in total. The predicted octanol–water partition coefficient (Wildman–Crippen LogP) is 2.46. The number of fused-ring (bicyclic) bond motifs is 2. The lowest BCUT2D eigenvalue weighted by Crippen LogP contribution is -2.70. The van der Waals surface area contributed by atoms with Crippen molar-refractivity contribution in [3.05, 3.63) is 65.9 Å². The van der Waals surface area contributed by atoms with Crippen molar-refractivity contribution in [3.63, 3.8) is 0 Å². The Balaban J connectivity index is 1.25. The van der Waals surface area contributed by atoms with Gasteiger partial charge in [-0.3, -0.25) is 14.4 Å². The molecule has 0 spiro atoms. The fraction of sp³-hybridized carbons (Fsp3) is 0.292. The molecule has 2 saturated heterocycles. The Morgan fingerprint density at radius 3 is 2.54 bits per heavy atom. The van der Waals surface area contributed by atoms with Crippen LogP contribution in [0, 0.1) is 0 Å². The number of amides is 3. The van der Waals surface area contributed by atoms with E-state index in [2.05, 4.69) is 15.0 Å². The molecule has 2 aliphatic rings.